The molecule has 1 aliphatic rings. The van der Waals surface area contributed by atoms with Crippen LogP contribution in [0.2, 0.25) is 0 Å². The Morgan fingerprint density at radius 2 is 1.83 bits per heavy atom. The van der Waals surface area contributed by atoms with Gasteiger partial charge in [0, 0.05) is 32.3 Å². The van der Waals surface area contributed by atoms with Crippen molar-refractivity contribution >= 4 is 36.0 Å². The first-order valence-electron chi connectivity index (χ1n) is 10.3. The number of nitrogens with zero attached hydrogens (tertiary/aromatic N) is 2. The van der Waals surface area contributed by atoms with Crippen LogP contribution in [0.5, 0.6) is 0 Å². The summed E-state index contributed by atoms with van der Waals surface area (Å²) in [6.45, 7) is 10.4. The normalized spacial score (nSPS) is 14.9. The molecule has 1 saturated heterocycles. The lowest BCUT2D eigenvalue weighted by atomic mass is 10.1. The van der Waals surface area contributed by atoms with E-state index in [4.69, 9.17) is 14.5 Å². The van der Waals surface area contributed by atoms with Crippen LogP contribution < -0.4 is 10.6 Å². The molecule has 0 radical (unpaired) electrons. The second kappa shape index (κ2) is 14.4. The molecule has 29 heavy (non-hydrogen) atoms. The van der Waals surface area contributed by atoms with E-state index >= 15 is 0 Å². The molecule has 7 nitrogen and oxygen atoms in total. The molecule has 1 aliphatic heterocycles. The molecule has 164 valence electrons. The first-order chi connectivity index (χ1) is 13.7. The zero-order valence-electron chi connectivity index (χ0n) is 17.8. The highest BCUT2D eigenvalue weighted by atomic mass is 127. The average Bonchev–Trinajstić information content (AvgIpc) is 2.72. The first kappa shape index (κ1) is 25.5. The van der Waals surface area contributed by atoms with Crippen molar-refractivity contribution in [2.24, 2.45) is 4.99 Å². The van der Waals surface area contributed by atoms with E-state index in [0.29, 0.717) is 45.5 Å². The van der Waals surface area contributed by atoms with Gasteiger partial charge < -0.3 is 25.0 Å². The number of carbonyl (C=O) groups is 1. The number of likely N-dealkylation sites (tertiary alicyclic amines) is 1. The van der Waals surface area contributed by atoms with Crippen molar-refractivity contribution in [3.8, 4) is 0 Å². The van der Waals surface area contributed by atoms with Crippen molar-refractivity contribution < 1.29 is 14.3 Å². The largest absolute Gasteiger partial charge is 0.450 e. The molecule has 1 amide bonds. The van der Waals surface area contributed by atoms with Crippen LogP contribution in [0.15, 0.2) is 29.3 Å². The van der Waals surface area contributed by atoms with Crippen LogP contribution in [0.1, 0.15) is 44.7 Å². The standard InChI is InChI=1S/C21H34N4O3.HI/c1-4-22-20(23-15-17-9-7-8-10-18(17)16-27-5-2)24-19-11-13-25(14-12-19)21(26)28-6-3;/h7-10,19H,4-6,11-16H2,1-3H3,(H2,22,23,24);1H. The molecule has 0 saturated carbocycles. The summed E-state index contributed by atoms with van der Waals surface area (Å²) in [5, 5.41) is 6.83. The van der Waals surface area contributed by atoms with E-state index in [1.165, 1.54) is 11.1 Å². The molecule has 1 aromatic carbocycles. The quantitative estimate of drug-likeness (QED) is 0.313. The fraction of sp³-hybridized carbons (Fsp3) is 0.619. The van der Waals surface area contributed by atoms with Crippen molar-refractivity contribution in [1.82, 2.24) is 15.5 Å². The summed E-state index contributed by atoms with van der Waals surface area (Å²) >= 11 is 0. The SMILES string of the molecule is CCNC(=NCc1ccccc1COCC)NC1CCN(C(=O)OCC)CC1.I. The zero-order valence-corrected chi connectivity index (χ0v) is 20.1. The Morgan fingerprint density at radius 1 is 1.14 bits per heavy atom. The Kier molecular flexibility index (Phi) is 12.7. The Bertz CT molecular complexity index is 634. The van der Waals surface area contributed by atoms with E-state index in [-0.39, 0.29) is 30.1 Å². The van der Waals surface area contributed by atoms with Gasteiger partial charge in [-0.15, -0.1) is 24.0 Å². The number of hydrogen-bond donors (Lipinski definition) is 2. The number of benzene rings is 1. The monoisotopic (exact) mass is 518 g/mol. The minimum Gasteiger partial charge on any atom is -0.450 e. The van der Waals surface area contributed by atoms with Crippen LogP contribution in [-0.4, -0.2) is 55.8 Å². The van der Waals surface area contributed by atoms with Gasteiger partial charge in [0.1, 0.15) is 0 Å². The number of rotatable bonds is 8. The molecular weight excluding hydrogens is 483 g/mol. The van der Waals surface area contributed by atoms with Crippen LogP contribution >= 0.6 is 24.0 Å². The average molecular weight is 518 g/mol. The lowest BCUT2D eigenvalue weighted by molar-refractivity contribution is 0.0963. The van der Waals surface area contributed by atoms with Crippen LogP contribution in [-0.2, 0) is 22.6 Å². The maximum Gasteiger partial charge on any atom is 0.409 e. The molecule has 0 aromatic heterocycles. The number of aliphatic imine (C=N–C) groups is 1. The van der Waals surface area contributed by atoms with Crippen LogP contribution in [0.25, 0.3) is 0 Å². The van der Waals surface area contributed by atoms with E-state index in [1.54, 1.807) is 4.90 Å². The molecular formula is C21H35IN4O3. The number of piperidine rings is 1. The van der Waals surface area contributed by atoms with Gasteiger partial charge in [-0.05, 0) is 44.7 Å². The van der Waals surface area contributed by atoms with Crippen molar-refractivity contribution in [2.45, 2.75) is 52.8 Å². The first-order valence-corrected chi connectivity index (χ1v) is 10.3. The molecule has 2 N–H and O–H groups in total. The molecule has 1 heterocycles. The van der Waals surface area contributed by atoms with Gasteiger partial charge in [-0.25, -0.2) is 9.79 Å². The number of halogens is 1. The molecule has 0 unspecified atom stereocenters. The number of hydrogen-bond acceptors (Lipinski definition) is 4. The topological polar surface area (TPSA) is 75.2 Å². The lowest BCUT2D eigenvalue weighted by Gasteiger charge is -2.32. The summed E-state index contributed by atoms with van der Waals surface area (Å²) in [7, 11) is 0. The highest BCUT2D eigenvalue weighted by molar-refractivity contribution is 14.0. The minimum absolute atomic E-state index is 0. The Labute approximate surface area is 191 Å². The summed E-state index contributed by atoms with van der Waals surface area (Å²) < 4.78 is 10.6. The van der Waals surface area contributed by atoms with Gasteiger partial charge in [-0.2, -0.15) is 0 Å². The summed E-state index contributed by atoms with van der Waals surface area (Å²) in [5.74, 6) is 0.809. The van der Waals surface area contributed by atoms with Crippen LogP contribution in [0.4, 0.5) is 4.79 Å². The summed E-state index contributed by atoms with van der Waals surface area (Å²) in [6, 6.07) is 8.54. The van der Waals surface area contributed by atoms with Gasteiger partial charge in [0.2, 0.25) is 0 Å². The summed E-state index contributed by atoms with van der Waals surface area (Å²) in [6.07, 6.45) is 1.54. The second-order valence-corrected chi connectivity index (χ2v) is 6.71. The Hall–Kier alpha value is -1.55. The highest BCUT2D eigenvalue weighted by Crippen LogP contribution is 2.13. The van der Waals surface area contributed by atoms with E-state index in [2.05, 4.69) is 29.7 Å². The summed E-state index contributed by atoms with van der Waals surface area (Å²) in [5.41, 5.74) is 2.34. The Morgan fingerprint density at radius 3 is 2.45 bits per heavy atom. The van der Waals surface area contributed by atoms with Gasteiger partial charge in [-0.3, -0.25) is 0 Å². The van der Waals surface area contributed by atoms with Crippen LogP contribution in [0, 0.1) is 0 Å². The van der Waals surface area contributed by atoms with E-state index in [0.717, 1.165) is 25.3 Å². The number of guanidine groups is 1. The van der Waals surface area contributed by atoms with Gasteiger partial charge >= 0.3 is 6.09 Å². The molecule has 1 fully saturated rings. The molecule has 0 aliphatic carbocycles. The number of ether oxygens (including phenoxy) is 2. The van der Waals surface area contributed by atoms with Gasteiger partial charge in [0.25, 0.3) is 0 Å². The fourth-order valence-electron chi connectivity index (χ4n) is 3.16. The van der Waals surface area contributed by atoms with Crippen molar-refractivity contribution in [2.75, 3.05) is 32.8 Å². The third-order valence-electron chi connectivity index (χ3n) is 4.69. The molecule has 0 atom stereocenters. The van der Waals surface area contributed by atoms with E-state index in [1.807, 2.05) is 26.0 Å². The summed E-state index contributed by atoms with van der Waals surface area (Å²) in [4.78, 5) is 18.4. The van der Waals surface area contributed by atoms with Crippen molar-refractivity contribution in [3.63, 3.8) is 0 Å². The zero-order chi connectivity index (χ0) is 20.2. The van der Waals surface area contributed by atoms with E-state index in [9.17, 15) is 4.79 Å². The number of amides is 1. The molecule has 2 rings (SSSR count). The van der Waals surface area contributed by atoms with E-state index < -0.39 is 0 Å². The second-order valence-electron chi connectivity index (χ2n) is 6.71. The maximum atomic E-state index is 11.8. The molecule has 0 spiro atoms. The predicted molar refractivity (Wildman–Crippen MR) is 127 cm³/mol. The maximum absolute atomic E-state index is 11.8. The number of carbonyl (C=O) groups excluding carboxylic acids is 1. The Balaban J connectivity index is 0.00000420. The molecule has 0 bridgehead atoms. The fourth-order valence-corrected chi connectivity index (χ4v) is 3.16. The van der Waals surface area contributed by atoms with Crippen LogP contribution in [0.3, 0.4) is 0 Å². The third kappa shape index (κ3) is 8.77. The van der Waals surface area contributed by atoms with Gasteiger partial charge in [0.15, 0.2) is 5.96 Å². The smallest absolute Gasteiger partial charge is 0.409 e. The number of nitrogens with one attached hydrogen (secondary N) is 2. The van der Waals surface area contributed by atoms with Gasteiger partial charge in [0.05, 0.1) is 19.8 Å². The molecule has 8 heteroatoms. The minimum atomic E-state index is -0.215. The predicted octanol–water partition coefficient (Wildman–Crippen LogP) is 3.52. The van der Waals surface area contributed by atoms with Crippen molar-refractivity contribution in [3.05, 3.63) is 35.4 Å². The van der Waals surface area contributed by atoms with Crippen molar-refractivity contribution in [1.29, 1.82) is 0 Å². The third-order valence-corrected chi connectivity index (χ3v) is 4.69. The molecule has 1 aromatic rings. The van der Waals surface area contributed by atoms with Gasteiger partial charge in [-0.1, -0.05) is 24.3 Å². The highest BCUT2D eigenvalue weighted by Gasteiger charge is 2.24. The lowest BCUT2D eigenvalue weighted by Crippen LogP contribution is -2.49.